The first kappa shape index (κ1) is 22.4. The fraction of sp³-hybridized carbons (Fsp3) is 0.167. The third-order valence-corrected chi connectivity index (χ3v) is 3.88. The van der Waals surface area contributed by atoms with E-state index in [4.69, 9.17) is 9.15 Å². The quantitative estimate of drug-likeness (QED) is 0.640. The van der Waals surface area contributed by atoms with Gasteiger partial charge in [-0.05, 0) is 44.2 Å². The molecule has 7 heteroatoms. The number of benzene rings is 2. The third-order valence-electron chi connectivity index (χ3n) is 3.35. The summed E-state index contributed by atoms with van der Waals surface area (Å²) in [5.74, 6) is -0.0526. The van der Waals surface area contributed by atoms with Crippen molar-refractivity contribution in [1.82, 2.24) is 0 Å². The molecule has 0 aliphatic carbocycles. The Balaban J connectivity index is 0.00000156. The topological polar surface area (TPSA) is 89.7 Å². The van der Waals surface area contributed by atoms with E-state index in [0.29, 0.717) is 28.0 Å². The van der Waals surface area contributed by atoms with E-state index < -0.39 is 5.97 Å². The monoisotopic (exact) mass is 430 g/mol. The number of ether oxygens (including phenoxy) is 1. The summed E-state index contributed by atoms with van der Waals surface area (Å²) in [5.41, 5.74) is 1.39. The standard InChI is InChI=1S/C18H15BrO4.K.H2O/c1-10(2)22-13-7-8-15-14(9-13)16(18(20)21)17(23-15)11-3-5-12(19)6-4-11;;/h3-10H,1-2H3,(H,20,21);;1H2/q;+1;/p-1. The van der Waals surface area contributed by atoms with Gasteiger partial charge in [-0.1, -0.05) is 28.1 Å². The summed E-state index contributed by atoms with van der Waals surface area (Å²) in [6.45, 7) is 3.84. The Labute approximate surface area is 196 Å². The third kappa shape index (κ3) is 4.94. The van der Waals surface area contributed by atoms with Gasteiger partial charge in [0.15, 0.2) is 0 Å². The first-order valence-electron chi connectivity index (χ1n) is 7.18. The van der Waals surface area contributed by atoms with Gasteiger partial charge in [0.1, 0.15) is 22.7 Å². The predicted molar refractivity (Wildman–Crippen MR) is 94.0 cm³/mol. The van der Waals surface area contributed by atoms with Crippen molar-refractivity contribution in [2.75, 3.05) is 0 Å². The van der Waals surface area contributed by atoms with Gasteiger partial charge in [-0.2, -0.15) is 0 Å². The number of aromatic carboxylic acids is 1. The van der Waals surface area contributed by atoms with Crippen molar-refractivity contribution in [3.63, 3.8) is 0 Å². The Morgan fingerprint density at radius 3 is 2.36 bits per heavy atom. The van der Waals surface area contributed by atoms with Gasteiger partial charge >= 0.3 is 57.4 Å². The number of furan rings is 1. The van der Waals surface area contributed by atoms with E-state index in [0.717, 1.165) is 4.47 Å². The fourth-order valence-corrected chi connectivity index (χ4v) is 2.70. The van der Waals surface area contributed by atoms with Crippen molar-refractivity contribution in [3.05, 3.63) is 52.5 Å². The second-order valence-corrected chi connectivity index (χ2v) is 6.36. The molecule has 1 heterocycles. The van der Waals surface area contributed by atoms with E-state index in [1.807, 2.05) is 38.1 Å². The van der Waals surface area contributed by atoms with Crippen molar-refractivity contribution < 1.29 is 75.9 Å². The molecule has 0 spiro atoms. The summed E-state index contributed by atoms with van der Waals surface area (Å²) >= 11 is 3.37. The molecule has 0 bridgehead atoms. The number of carboxylic acid groups (broad SMARTS) is 1. The number of hydrogen-bond acceptors (Lipinski definition) is 4. The molecule has 2 aromatic carbocycles. The second kappa shape index (κ2) is 9.32. The number of carboxylic acids is 1. The van der Waals surface area contributed by atoms with Gasteiger partial charge in [0.2, 0.25) is 0 Å². The average Bonchev–Trinajstić information content (AvgIpc) is 2.86. The molecule has 0 saturated carbocycles. The van der Waals surface area contributed by atoms with Crippen LogP contribution in [0.3, 0.4) is 0 Å². The van der Waals surface area contributed by atoms with Crippen LogP contribution in [0.2, 0.25) is 0 Å². The molecule has 2 N–H and O–H groups in total. The van der Waals surface area contributed by atoms with Crippen molar-refractivity contribution in [1.29, 1.82) is 0 Å². The minimum absolute atomic E-state index is 0. The minimum atomic E-state index is -1.02. The summed E-state index contributed by atoms with van der Waals surface area (Å²) < 4.78 is 12.4. The Morgan fingerprint density at radius 2 is 1.80 bits per heavy atom. The largest absolute Gasteiger partial charge is 1.00 e. The smallest absolute Gasteiger partial charge is 0.870 e. The van der Waals surface area contributed by atoms with Crippen LogP contribution in [0.15, 0.2) is 51.4 Å². The van der Waals surface area contributed by atoms with Crippen LogP contribution in [0.5, 0.6) is 5.75 Å². The fourth-order valence-electron chi connectivity index (χ4n) is 2.44. The van der Waals surface area contributed by atoms with Crippen molar-refractivity contribution in [3.8, 4) is 17.1 Å². The zero-order valence-corrected chi connectivity index (χ0v) is 18.8. The predicted octanol–water partition coefficient (Wildman–Crippen LogP) is 2.17. The Kier molecular flexibility index (Phi) is 8.34. The number of carbonyl (C=O) groups is 1. The molecule has 126 valence electrons. The number of hydrogen-bond donors (Lipinski definition) is 1. The van der Waals surface area contributed by atoms with Crippen molar-refractivity contribution in [2.45, 2.75) is 20.0 Å². The van der Waals surface area contributed by atoms with Gasteiger partial charge in [0, 0.05) is 15.4 Å². The van der Waals surface area contributed by atoms with Crippen LogP contribution in [-0.2, 0) is 0 Å². The van der Waals surface area contributed by atoms with Gasteiger partial charge < -0.3 is 19.7 Å². The maximum Gasteiger partial charge on any atom is 1.00 e. The molecular formula is C18H16BrKO5. The summed E-state index contributed by atoms with van der Waals surface area (Å²) in [7, 11) is 0. The minimum Gasteiger partial charge on any atom is -0.870 e. The van der Waals surface area contributed by atoms with E-state index in [9.17, 15) is 9.90 Å². The van der Waals surface area contributed by atoms with E-state index in [1.165, 1.54) is 0 Å². The van der Waals surface area contributed by atoms with Crippen LogP contribution in [0.4, 0.5) is 0 Å². The average molecular weight is 431 g/mol. The molecule has 5 nitrogen and oxygen atoms in total. The first-order valence-corrected chi connectivity index (χ1v) is 7.97. The van der Waals surface area contributed by atoms with Crippen molar-refractivity contribution in [2.24, 2.45) is 0 Å². The molecule has 0 amide bonds. The van der Waals surface area contributed by atoms with Crippen LogP contribution in [0, 0.1) is 0 Å². The second-order valence-electron chi connectivity index (χ2n) is 5.44. The molecule has 3 rings (SSSR count). The zero-order chi connectivity index (χ0) is 16.6. The van der Waals surface area contributed by atoms with E-state index in [1.54, 1.807) is 18.2 Å². The van der Waals surface area contributed by atoms with E-state index >= 15 is 0 Å². The van der Waals surface area contributed by atoms with Gasteiger partial charge in [-0.25, -0.2) is 4.79 Å². The molecule has 0 aliphatic heterocycles. The molecule has 0 radical (unpaired) electrons. The molecule has 0 saturated heterocycles. The summed E-state index contributed by atoms with van der Waals surface area (Å²) in [5, 5.41) is 10.2. The van der Waals surface area contributed by atoms with Crippen LogP contribution >= 0.6 is 15.9 Å². The number of halogens is 1. The van der Waals surface area contributed by atoms with Crippen molar-refractivity contribution >= 4 is 32.9 Å². The van der Waals surface area contributed by atoms with E-state index in [-0.39, 0.29) is 68.5 Å². The number of fused-ring (bicyclic) bond motifs is 1. The van der Waals surface area contributed by atoms with Crippen LogP contribution in [0.1, 0.15) is 24.2 Å². The maximum absolute atomic E-state index is 11.8. The summed E-state index contributed by atoms with van der Waals surface area (Å²) in [4.78, 5) is 11.8. The zero-order valence-electron chi connectivity index (χ0n) is 14.1. The summed E-state index contributed by atoms with van der Waals surface area (Å²) in [6, 6.07) is 12.6. The molecule has 1 aromatic heterocycles. The van der Waals surface area contributed by atoms with Crippen LogP contribution in [-0.4, -0.2) is 22.7 Å². The Morgan fingerprint density at radius 1 is 1.16 bits per heavy atom. The van der Waals surface area contributed by atoms with Gasteiger partial charge in [-0.15, -0.1) is 0 Å². The molecule has 25 heavy (non-hydrogen) atoms. The normalized spacial score (nSPS) is 10.2. The van der Waals surface area contributed by atoms with Gasteiger partial charge in [0.05, 0.1) is 6.10 Å². The molecule has 3 aromatic rings. The number of rotatable bonds is 4. The Hall–Kier alpha value is -0.674. The summed E-state index contributed by atoms with van der Waals surface area (Å²) in [6.07, 6.45) is 0.0126. The first-order chi connectivity index (χ1) is 11.0. The SMILES string of the molecule is CC(C)Oc1ccc2oc(-c3ccc(Br)cc3)c(C(=O)O)c2c1.[K+].[OH-]. The molecule has 0 fully saturated rings. The molecule has 0 atom stereocenters. The molecule has 0 aliphatic rings. The molecule has 0 unspecified atom stereocenters. The Bertz CT molecular complexity index is 871. The molecular weight excluding hydrogens is 415 g/mol. The van der Waals surface area contributed by atoms with E-state index in [2.05, 4.69) is 15.9 Å². The van der Waals surface area contributed by atoms with Crippen LogP contribution in [0.25, 0.3) is 22.3 Å². The van der Waals surface area contributed by atoms with Gasteiger partial charge in [-0.3, -0.25) is 0 Å². The maximum atomic E-state index is 11.8. The van der Waals surface area contributed by atoms with Gasteiger partial charge in [0.25, 0.3) is 0 Å². The van der Waals surface area contributed by atoms with Crippen LogP contribution < -0.4 is 56.1 Å².